The van der Waals surface area contributed by atoms with Crippen LogP contribution in [0.1, 0.15) is 12.8 Å². The molecule has 0 saturated carbocycles. The van der Waals surface area contributed by atoms with Crippen LogP contribution >= 0.6 is 34.5 Å². The molecular formula is C10H13Cl2NO3S2. The van der Waals surface area contributed by atoms with Gasteiger partial charge in [0.2, 0.25) is 10.0 Å². The predicted octanol–water partition coefficient (Wildman–Crippen LogP) is 2.85. The lowest BCUT2D eigenvalue weighted by molar-refractivity contribution is 0.149. The Morgan fingerprint density at radius 2 is 2.28 bits per heavy atom. The topological polar surface area (TPSA) is 46.6 Å². The van der Waals surface area contributed by atoms with Gasteiger partial charge >= 0.3 is 0 Å². The second kappa shape index (κ2) is 5.64. The zero-order chi connectivity index (χ0) is 13.3. The van der Waals surface area contributed by atoms with Crippen molar-refractivity contribution in [1.82, 2.24) is 4.31 Å². The zero-order valence-electron chi connectivity index (χ0n) is 9.73. The van der Waals surface area contributed by atoms with Crippen LogP contribution in [0.15, 0.2) is 11.0 Å². The molecule has 1 unspecified atom stereocenters. The first kappa shape index (κ1) is 14.6. The second-order valence-electron chi connectivity index (χ2n) is 4.06. The molecule has 8 heteroatoms. The SMILES string of the molecule is COCC1CCCN1S(=O)(=O)c1cc(Cl)sc1Cl. The number of hydrogen-bond donors (Lipinski definition) is 0. The highest BCUT2D eigenvalue weighted by Gasteiger charge is 2.37. The summed E-state index contributed by atoms with van der Waals surface area (Å²) in [5.74, 6) is 0. The van der Waals surface area contributed by atoms with E-state index in [1.807, 2.05) is 0 Å². The minimum absolute atomic E-state index is 0.0992. The molecule has 1 aromatic heterocycles. The number of methoxy groups -OCH3 is 1. The van der Waals surface area contributed by atoms with Crippen LogP contribution in [0.2, 0.25) is 8.67 Å². The lowest BCUT2D eigenvalue weighted by Gasteiger charge is -2.23. The quantitative estimate of drug-likeness (QED) is 0.853. The van der Waals surface area contributed by atoms with Crippen LogP contribution in [0.4, 0.5) is 0 Å². The molecule has 2 rings (SSSR count). The van der Waals surface area contributed by atoms with Crippen molar-refractivity contribution in [2.75, 3.05) is 20.3 Å². The Hall–Kier alpha value is 0.150. The summed E-state index contributed by atoms with van der Waals surface area (Å²) in [6, 6.07) is 1.29. The number of halogens is 2. The molecule has 0 N–H and O–H groups in total. The highest BCUT2D eigenvalue weighted by atomic mass is 35.5. The molecule has 1 aliphatic rings. The van der Waals surface area contributed by atoms with E-state index in [1.165, 1.54) is 10.4 Å². The largest absolute Gasteiger partial charge is 0.383 e. The summed E-state index contributed by atoms with van der Waals surface area (Å²) >= 11 is 12.8. The van der Waals surface area contributed by atoms with E-state index in [4.69, 9.17) is 27.9 Å². The third kappa shape index (κ3) is 2.69. The van der Waals surface area contributed by atoms with Crippen LogP contribution in [0.5, 0.6) is 0 Å². The molecule has 1 fully saturated rings. The van der Waals surface area contributed by atoms with E-state index >= 15 is 0 Å². The second-order valence-corrected chi connectivity index (χ2v) is 8.20. The van der Waals surface area contributed by atoms with Crippen molar-refractivity contribution in [2.24, 2.45) is 0 Å². The van der Waals surface area contributed by atoms with Gasteiger partial charge < -0.3 is 4.74 Å². The van der Waals surface area contributed by atoms with Gasteiger partial charge in [0.25, 0.3) is 0 Å². The molecule has 0 aliphatic carbocycles. The molecule has 0 amide bonds. The maximum absolute atomic E-state index is 12.5. The molecule has 1 aliphatic heterocycles. The number of ether oxygens (including phenoxy) is 1. The average molecular weight is 330 g/mol. The minimum Gasteiger partial charge on any atom is -0.383 e. The van der Waals surface area contributed by atoms with Crippen LogP contribution in [-0.2, 0) is 14.8 Å². The number of rotatable bonds is 4. The third-order valence-electron chi connectivity index (χ3n) is 2.89. The first-order valence-corrected chi connectivity index (χ1v) is 8.43. The van der Waals surface area contributed by atoms with Crippen LogP contribution < -0.4 is 0 Å². The van der Waals surface area contributed by atoms with Crippen molar-refractivity contribution in [3.8, 4) is 0 Å². The average Bonchev–Trinajstić information content (AvgIpc) is 2.86. The van der Waals surface area contributed by atoms with E-state index in [9.17, 15) is 8.42 Å². The summed E-state index contributed by atoms with van der Waals surface area (Å²) in [5, 5.41) is 0. The van der Waals surface area contributed by atoms with Crippen molar-refractivity contribution >= 4 is 44.6 Å². The van der Waals surface area contributed by atoms with E-state index in [0.29, 0.717) is 17.5 Å². The molecule has 0 aromatic carbocycles. The van der Waals surface area contributed by atoms with Gasteiger partial charge in [0, 0.05) is 19.7 Å². The monoisotopic (exact) mass is 329 g/mol. The first-order chi connectivity index (χ1) is 8.46. The highest BCUT2D eigenvalue weighted by molar-refractivity contribution is 7.89. The van der Waals surface area contributed by atoms with Gasteiger partial charge in [-0.05, 0) is 18.9 Å². The normalized spacial score (nSPS) is 21.6. The van der Waals surface area contributed by atoms with E-state index in [0.717, 1.165) is 24.2 Å². The van der Waals surface area contributed by atoms with Gasteiger partial charge in [-0.15, -0.1) is 11.3 Å². The fraction of sp³-hybridized carbons (Fsp3) is 0.600. The minimum atomic E-state index is -3.57. The molecule has 2 heterocycles. The maximum atomic E-state index is 12.5. The van der Waals surface area contributed by atoms with Gasteiger partial charge in [0.1, 0.15) is 9.23 Å². The Balaban J connectivity index is 2.33. The van der Waals surface area contributed by atoms with Crippen molar-refractivity contribution in [1.29, 1.82) is 0 Å². The predicted molar refractivity (Wildman–Crippen MR) is 73.1 cm³/mol. The first-order valence-electron chi connectivity index (χ1n) is 5.42. The Kier molecular flexibility index (Phi) is 4.57. The Bertz CT molecular complexity index is 529. The van der Waals surface area contributed by atoms with Gasteiger partial charge in [-0.1, -0.05) is 23.2 Å². The molecule has 0 bridgehead atoms. The summed E-state index contributed by atoms with van der Waals surface area (Å²) in [4.78, 5) is 0.0992. The van der Waals surface area contributed by atoms with Crippen molar-refractivity contribution in [3.05, 3.63) is 14.7 Å². The van der Waals surface area contributed by atoms with E-state index in [1.54, 1.807) is 7.11 Å². The fourth-order valence-electron chi connectivity index (χ4n) is 2.11. The summed E-state index contributed by atoms with van der Waals surface area (Å²) in [5.41, 5.74) is 0. The molecule has 4 nitrogen and oxygen atoms in total. The lowest BCUT2D eigenvalue weighted by Crippen LogP contribution is -2.37. The molecule has 102 valence electrons. The molecule has 0 spiro atoms. The van der Waals surface area contributed by atoms with Gasteiger partial charge in [-0.25, -0.2) is 8.42 Å². The van der Waals surface area contributed by atoms with E-state index in [-0.39, 0.29) is 15.3 Å². The molecular weight excluding hydrogens is 317 g/mol. The Morgan fingerprint density at radius 1 is 1.56 bits per heavy atom. The third-order valence-corrected chi connectivity index (χ3v) is 6.60. The van der Waals surface area contributed by atoms with E-state index in [2.05, 4.69) is 0 Å². The van der Waals surface area contributed by atoms with Crippen LogP contribution in [0.3, 0.4) is 0 Å². The Labute approximate surface area is 120 Å². The zero-order valence-corrected chi connectivity index (χ0v) is 12.9. The van der Waals surface area contributed by atoms with Crippen molar-refractivity contribution in [3.63, 3.8) is 0 Å². The van der Waals surface area contributed by atoms with Crippen LogP contribution in [0, 0.1) is 0 Å². The van der Waals surface area contributed by atoms with Gasteiger partial charge in [0.15, 0.2) is 0 Å². The van der Waals surface area contributed by atoms with E-state index < -0.39 is 10.0 Å². The smallest absolute Gasteiger partial charge is 0.245 e. The summed E-state index contributed by atoms with van der Waals surface area (Å²) < 4.78 is 32.1. The standard InChI is InChI=1S/C10H13Cl2NO3S2/c1-16-6-7-3-2-4-13(7)18(14,15)8-5-9(11)17-10(8)12/h5,7H,2-4,6H2,1H3. The molecule has 18 heavy (non-hydrogen) atoms. The maximum Gasteiger partial charge on any atom is 0.245 e. The lowest BCUT2D eigenvalue weighted by atomic mass is 10.2. The number of nitrogens with zero attached hydrogens (tertiary/aromatic N) is 1. The van der Waals surface area contributed by atoms with Gasteiger partial charge in [-0.2, -0.15) is 4.31 Å². The van der Waals surface area contributed by atoms with Crippen molar-refractivity contribution < 1.29 is 13.2 Å². The Morgan fingerprint density at radius 3 is 2.83 bits per heavy atom. The number of sulfonamides is 1. The molecule has 0 radical (unpaired) electrons. The summed E-state index contributed by atoms with van der Waals surface area (Å²) in [7, 11) is -2.01. The summed E-state index contributed by atoms with van der Waals surface area (Å²) in [6.07, 6.45) is 1.64. The molecule has 1 saturated heterocycles. The highest BCUT2D eigenvalue weighted by Crippen LogP contribution is 2.37. The fourth-order valence-corrected chi connectivity index (χ4v) is 5.91. The van der Waals surface area contributed by atoms with Gasteiger partial charge in [0.05, 0.1) is 10.9 Å². The molecule has 1 atom stereocenters. The number of hydrogen-bond acceptors (Lipinski definition) is 4. The van der Waals surface area contributed by atoms with Gasteiger partial charge in [-0.3, -0.25) is 0 Å². The van der Waals surface area contributed by atoms with Crippen LogP contribution in [-0.4, -0.2) is 39.0 Å². The number of thiophene rings is 1. The summed E-state index contributed by atoms with van der Waals surface area (Å²) in [6.45, 7) is 0.898. The molecule has 1 aromatic rings. The van der Waals surface area contributed by atoms with Crippen LogP contribution in [0.25, 0.3) is 0 Å². The van der Waals surface area contributed by atoms with Crippen molar-refractivity contribution in [2.45, 2.75) is 23.8 Å².